The molecule has 0 aliphatic carbocycles. The standard InChI is InChI=1S/C33H51NO8/c1-7-27(36)25(6)32-29(40-32)19-21(2)9-8-10-23(4)31-24(5)12-14-28(41-33(38)34-15-17-39-18-16-34)22(3)11-13-26(35)20-30(37)42-31/h8-10,12,14,21,24-29,31-32,35-36H,3,7,11,13,15-20H2,1-2,4-6H3/b9-8+,14-12+,23-10+. The average Bonchev–Trinajstić information content (AvgIpc) is 3.74. The molecule has 3 rings (SSSR count). The Bertz CT molecular complexity index is 1000. The van der Waals surface area contributed by atoms with Gasteiger partial charge in [-0.2, -0.15) is 0 Å². The predicted molar refractivity (Wildman–Crippen MR) is 161 cm³/mol. The van der Waals surface area contributed by atoms with Crippen molar-refractivity contribution < 1.29 is 38.7 Å². The smallest absolute Gasteiger partial charge is 0.410 e. The van der Waals surface area contributed by atoms with Crippen LogP contribution >= 0.6 is 0 Å². The highest BCUT2D eigenvalue weighted by Gasteiger charge is 2.44. The zero-order valence-electron chi connectivity index (χ0n) is 25.9. The number of morpholine rings is 1. The van der Waals surface area contributed by atoms with Crippen molar-refractivity contribution in [1.82, 2.24) is 4.90 Å². The maximum Gasteiger partial charge on any atom is 0.410 e. The maximum atomic E-state index is 12.8. The van der Waals surface area contributed by atoms with Crippen molar-refractivity contribution in [3.63, 3.8) is 0 Å². The summed E-state index contributed by atoms with van der Waals surface area (Å²) in [5, 5.41) is 20.6. The number of aliphatic hydroxyl groups is 2. The summed E-state index contributed by atoms with van der Waals surface area (Å²) in [7, 11) is 0. The van der Waals surface area contributed by atoms with Crippen LogP contribution in [0.5, 0.6) is 0 Å². The number of ether oxygens (including phenoxy) is 4. The van der Waals surface area contributed by atoms with Gasteiger partial charge >= 0.3 is 12.1 Å². The Kier molecular flexibility index (Phi) is 13.3. The number of hydrogen-bond donors (Lipinski definition) is 2. The highest BCUT2D eigenvalue weighted by atomic mass is 16.6. The number of cyclic esters (lactones) is 1. The topological polar surface area (TPSA) is 118 Å². The van der Waals surface area contributed by atoms with Gasteiger partial charge in [-0.1, -0.05) is 58.6 Å². The van der Waals surface area contributed by atoms with Crippen LogP contribution in [0, 0.1) is 17.8 Å². The van der Waals surface area contributed by atoms with E-state index in [9.17, 15) is 19.8 Å². The summed E-state index contributed by atoms with van der Waals surface area (Å²) in [5.41, 5.74) is 1.52. The first-order chi connectivity index (χ1) is 20.0. The van der Waals surface area contributed by atoms with E-state index in [0.717, 1.165) is 18.4 Å². The molecule has 2 fully saturated rings. The molecule has 0 radical (unpaired) electrons. The number of carbonyl (C=O) groups excluding carboxylic acids is 2. The van der Waals surface area contributed by atoms with Crippen molar-refractivity contribution in [1.29, 1.82) is 0 Å². The lowest BCUT2D eigenvalue weighted by Gasteiger charge is -2.29. The summed E-state index contributed by atoms with van der Waals surface area (Å²) in [4.78, 5) is 27.1. The van der Waals surface area contributed by atoms with Crippen LogP contribution in [0.4, 0.5) is 4.79 Å². The number of aliphatic hydroxyl groups excluding tert-OH is 2. The minimum Gasteiger partial charge on any atom is -0.457 e. The molecule has 2 saturated heterocycles. The summed E-state index contributed by atoms with van der Waals surface area (Å²) >= 11 is 0. The lowest BCUT2D eigenvalue weighted by atomic mass is 9.93. The minimum absolute atomic E-state index is 0.111. The van der Waals surface area contributed by atoms with Gasteiger partial charge in [-0.3, -0.25) is 4.79 Å². The fourth-order valence-electron chi connectivity index (χ4n) is 5.49. The average molecular weight is 590 g/mol. The summed E-state index contributed by atoms with van der Waals surface area (Å²) in [6, 6.07) is 0. The maximum absolute atomic E-state index is 12.8. The number of nitrogens with zero attached hydrogens (tertiary/aromatic N) is 1. The lowest BCUT2D eigenvalue weighted by molar-refractivity contribution is -0.151. The lowest BCUT2D eigenvalue weighted by Crippen LogP contribution is -2.42. The van der Waals surface area contributed by atoms with Gasteiger partial charge in [0.25, 0.3) is 0 Å². The van der Waals surface area contributed by atoms with E-state index in [-0.39, 0.29) is 42.5 Å². The van der Waals surface area contributed by atoms with Gasteiger partial charge < -0.3 is 34.1 Å². The van der Waals surface area contributed by atoms with Gasteiger partial charge in [-0.05, 0) is 55.7 Å². The third-order valence-electron chi connectivity index (χ3n) is 8.44. The Balaban J connectivity index is 1.67. The van der Waals surface area contributed by atoms with E-state index in [1.807, 2.05) is 45.9 Å². The Morgan fingerprint density at radius 2 is 1.98 bits per heavy atom. The van der Waals surface area contributed by atoms with Crippen LogP contribution < -0.4 is 0 Å². The van der Waals surface area contributed by atoms with E-state index in [2.05, 4.69) is 19.6 Å². The quantitative estimate of drug-likeness (QED) is 0.172. The van der Waals surface area contributed by atoms with Crippen LogP contribution in [0.15, 0.2) is 48.1 Å². The Labute approximate surface area is 251 Å². The van der Waals surface area contributed by atoms with Crippen LogP contribution in [-0.2, 0) is 23.7 Å². The number of carbonyl (C=O) groups is 2. The van der Waals surface area contributed by atoms with Crippen LogP contribution in [0.2, 0.25) is 0 Å². The highest BCUT2D eigenvalue weighted by molar-refractivity contribution is 5.70. The molecule has 2 N–H and O–H groups in total. The van der Waals surface area contributed by atoms with E-state index in [1.54, 1.807) is 11.0 Å². The molecule has 3 heterocycles. The number of hydrogen-bond acceptors (Lipinski definition) is 8. The summed E-state index contributed by atoms with van der Waals surface area (Å²) < 4.78 is 22.8. The second kappa shape index (κ2) is 16.4. The monoisotopic (exact) mass is 589 g/mol. The van der Waals surface area contributed by atoms with Gasteiger partial charge in [-0.25, -0.2) is 4.79 Å². The highest BCUT2D eigenvalue weighted by Crippen LogP contribution is 2.36. The third-order valence-corrected chi connectivity index (χ3v) is 8.44. The second-order valence-corrected chi connectivity index (χ2v) is 12.1. The molecule has 9 heteroatoms. The molecule has 0 aromatic rings. The first kappa shape index (κ1) is 34.0. The third kappa shape index (κ3) is 10.4. The molecule has 9 atom stereocenters. The van der Waals surface area contributed by atoms with Crippen molar-refractivity contribution in [2.24, 2.45) is 17.8 Å². The van der Waals surface area contributed by atoms with E-state index < -0.39 is 30.4 Å². The van der Waals surface area contributed by atoms with Crippen molar-refractivity contribution in [3.05, 3.63) is 48.1 Å². The number of epoxide rings is 1. The van der Waals surface area contributed by atoms with E-state index in [0.29, 0.717) is 44.7 Å². The summed E-state index contributed by atoms with van der Waals surface area (Å²) in [6.07, 6.45) is 9.33. The van der Waals surface area contributed by atoms with Gasteiger partial charge in [0.2, 0.25) is 0 Å². The van der Waals surface area contributed by atoms with E-state index >= 15 is 0 Å². The first-order valence-electron chi connectivity index (χ1n) is 15.4. The SMILES string of the molecule is C=C1CCC(O)CC(=O)OC(/C(C)=C/C=C/C(C)CC2OC2C(C)C(O)CC)C(C)/C=C/C1OC(=O)N1CCOCC1. The zero-order valence-corrected chi connectivity index (χ0v) is 25.9. The summed E-state index contributed by atoms with van der Waals surface area (Å²) in [6.45, 7) is 16.0. The summed E-state index contributed by atoms with van der Waals surface area (Å²) in [5.74, 6) is -0.284. The van der Waals surface area contributed by atoms with Crippen molar-refractivity contribution >= 4 is 12.1 Å². The molecule has 9 nitrogen and oxygen atoms in total. The second-order valence-electron chi connectivity index (χ2n) is 12.1. The molecule has 0 saturated carbocycles. The van der Waals surface area contributed by atoms with Gasteiger partial charge in [0.05, 0.1) is 44.1 Å². The Morgan fingerprint density at radius 1 is 1.26 bits per heavy atom. The number of rotatable bonds is 9. The number of esters is 1. The minimum atomic E-state index is -0.885. The molecule has 1 amide bonds. The molecule has 3 aliphatic heterocycles. The van der Waals surface area contributed by atoms with Crippen LogP contribution in [0.1, 0.15) is 66.7 Å². The molecule has 0 aromatic heterocycles. The zero-order chi connectivity index (χ0) is 30.8. The number of allylic oxidation sites excluding steroid dienone is 3. The molecule has 0 bridgehead atoms. The molecule has 0 aromatic carbocycles. The van der Waals surface area contributed by atoms with Crippen LogP contribution in [0.25, 0.3) is 0 Å². The molecule has 3 aliphatic rings. The van der Waals surface area contributed by atoms with E-state index in [1.165, 1.54) is 0 Å². The van der Waals surface area contributed by atoms with E-state index in [4.69, 9.17) is 18.9 Å². The first-order valence-corrected chi connectivity index (χ1v) is 15.4. The predicted octanol–water partition coefficient (Wildman–Crippen LogP) is 4.73. The molecular formula is C33H51NO8. The van der Waals surface area contributed by atoms with Gasteiger partial charge in [0.15, 0.2) is 0 Å². The largest absolute Gasteiger partial charge is 0.457 e. The van der Waals surface area contributed by atoms with Gasteiger partial charge in [0, 0.05) is 24.9 Å². The Hall–Kier alpha value is -2.46. The van der Waals surface area contributed by atoms with Crippen molar-refractivity contribution in [2.75, 3.05) is 26.3 Å². The van der Waals surface area contributed by atoms with Crippen molar-refractivity contribution in [3.8, 4) is 0 Å². The molecule has 42 heavy (non-hydrogen) atoms. The van der Waals surface area contributed by atoms with Crippen LogP contribution in [0.3, 0.4) is 0 Å². The molecule has 236 valence electrons. The normalized spacial score (nSPS) is 32.7. The van der Waals surface area contributed by atoms with Crippen LogP contribution in [-0.4, -0.2) is 90.1 Å². The number of amides is 1. The van der Waals surface area contributed by atoms with Gasteiger partial charge in [0.1, 0.15) is 12.2 Å². The van der Waals surface area contributed by atoms with Crippen molar-refractivity contribution in [2.45, 2.75) is 103 Å². The molecule has 9 unspecified atom stereocenters. The molecular weight excluding hydrogens is 538 g/mol. The fourth-order valence-corrected chi connectivity index (χ4v) is 5.49. The molecule has 0 spiro atoms. The Morgan fingerprint density at radius 3 is 2.67 bits per heavy atom. The van der Waals surface area contributed by atoms with Gasteiger partial charge in [-0.15, -0.1) is 0 Å². The fraction of sp³-hybridized carbons (Fsp3) is 0.697.